The Balaban J connectivity index is 1.32. The van der Waals surface area contributed by atoms with Gasteiger partial charge in [0.15, 0.2) is 0 Å². The molecule has 26 heavy (non-hydrogen) atoms. The summed E-state index contributed by atoms with van der Waals surface area (Å²) in [4.78, 5) is 30.5. The monoisotopic (exact) mass is 375 g/mol. The summed E-state index contributed by atoms with van der Waals surface area (Å²) in [5.41, 5.74) is 0.863. The molecule has 1 aliphatic heterocycles. The van der Waals surface area contributed by atoms with Crippen LogP contribution < -0.4 is 5.32 Å². The summed E-state index contributed by atoms with van der Waals surface area (Å²) in [6.07, 6.45) is 9.90. The van der Waals surface area contributed by atoms with E-state index in [9.17, 15) is 9.59 Å². The van der Waals surface area contributed by atoms with E-state index < -0.39 is 0 Å². The van der Waals surface area contributed by atoms with Gasteiger partial charge < -0.3 is 10.2 Å². The Bertz CT molecular complexity index is 590. The van der Waals surface area contributed by atoms with Crippen LogP contribution in [0.1, 0.15) is 50.6 Å². The second kappa shape index (κ2) is 9.95. The first kappa shape index (κ1) is 19.2. The van der Waals surface area contributed by atoms with E-state index in [4.69, 9.17) is 0 Å². The normalized spacial score (nSPS) is 21.2. The van der Waals surface area contributed by atoms with Crippen LogP contribution in [0, 0.1) is 5.92 Å². The van der Waals surface area contributed by atoms with Crippen LogP contribution in [-0.2, 0) is 16.1 Å². The summed E-state index contributed by atoms with van der Waals surface area (Å²) in [6, 6.07) is 5.68. The van der Waals surface area contributed by atoms with Crippen LogP contribution >= 0.6 is 11.8 Å². The van der Waals surface area contributed by atoms with E-state index >= 15 is 0 Å². The lowest BCUT2D eigenvalue weighted by molar-refractivity contribution is -0.129. The fourth-order valence-electron chi connectivity index (χ4n) is 3.70. The largest absolute Gasteiger partial charge is 0.356 e. The molecule has 1 saturated heterocycles. The third-order valence-corrected chi connectivity index (χ3v) is 6.66. The molecule has 1 N–H and O–H groups in total. The number of aromatic nitrogens is 1. The first-order valence-electron chi connectivity index (χ1n) is 9.79. The second-order valence-corrected chi connectivity index (χ2v) is 8.68. The SMILES string of the molecule is O=C(NCCCSC1CCCCC1)C1CC(=O)N(Cc2ccccn2)C1. The van der Waals surface area contributed by atoms with Gasteiger partial charge in [0.1, 0.15) is 0 Å². The molecule has 1 aromatic rings. The molecule has 3 rings (SSSR count). The molecule has 1 aromatic heterocycles. The van der Waals surface area contributed by atoms with Crippen LogP contribution in [0.5, 0.6) is 0 Å². The van der Waals surface area contributed by atoms with Gasteiger partial charge in [-0.05, 0) is 37.1 Å². The minimum atomic E-state index is -0.225. The number of pyridine rings is 1. The van der Waals surface area contributed by atoms with E-state index in [-0.39, 0.29) is 17.7 Å². The van der Waals surface area contributed by atoms with Crippen LogP contribution in [0.15, 0.2) is 24.4 Å². The predicted molar refractivity (Wildman–Crippen MR) is 105 cm³/mol. The summed E-state index contributed by atoms with van der Waals surface area (Å²) in [5.74, 6) is 0.950. The van der Waals surface area contributed by atoms with E-state index in [0.29, 0.717) is 26.1 Å². The first-order chi connectivity index (χ1) is 12.7. The summed E-state index contributed by atoms with van der Waals surface area (Å²) < 4.78 is 0. The third kappa shape index (κ3) is 5.73. The molecule has 5 nitrogen and oxygen atoms in total. The molecule has 142 valence electrons. The van der Waals surface area contributed by atoms with Crippen LogP contribution in [0.25, 0.3) is 0 Å². The molecule has 0 bridgehead atoms. The molecule has 2 fully saturated rings. The van der Waals surface area contributed by atoms with Crippen molar-refractivity contribution < 1.29 is 9.59 Å². The lowest BCUT2D eigenvalue weighted by atomic mass is 10.0. The fraction of sp³-hybridized carbons (Fsp3) is 0.650. The molecule has 0 spiro atoms. The molecule has 1 unspecified atom stereocenters. The Hall–Kier alpha value is -1.56. The van der Waals surface area contributed by atoms with Gasteiger partial charge in [0.05, 0.1) is 18.2 Å². The number of thioether (sulfide) groups is 1. The van der Waals surface area contributed by atoms with E-state index in [2.05, 4.69) is 22.1 Å². The highest BCUT2D eigenvalue weighted by atomic mass is 32.2. The van der Waals surface area contributed by atoms with Crippen molar-refractivity contribution in [1.29, 1.82) is 0 Å². The lowest BCUT2D eigenvalue weighted by Crippen LogP contribution is -2.33. The van der Waals surface area contributed by atoms with E-state index in [0.717, 1.165) is 23.1 Å². The maximum Gasteiger partial charge on any atom is 0.225 e. The molecule has 0 aromatic carbocycles. The minimum Gasteiger partial charge on any atom is -0.356 e. The fourth-order valence-corrected chi connectivity index (χ4v) is 5.01. The molecule has 0 radical (unpaired) electrons. The van der Waals surface area contributed by atoms with Crippen molar-refractivity contribution in [3.8, 4) is 0 Å². The number of carbonyl (C=O) groups is 2. The molecule has 1 saturated carbocycles. The summed E-state index contributed by atoms with van der Waals surface area (Å²) in [7, 11) is 0. The van der Waals surface area contributed by atoms with Crippen molar-refractivity contribution in [3.05, 3.63) is 30.1 Å². The van der Waals surface area contributed by atoms with Gasteiger partial charge in [0.25, 0.3) is 0 Å². The quantitative estimate of drug-likeness (QED) is 0.710. The standard InChI is InChI=1S/C20H29N3O2S/c24-19-13-16(14-23(19)15-17-7-4-5-10-21-17)20(25)22-11-6-12-26-18-8-2-1-3-9-18/h4-5,7,10,16,18H,1-3,6,8-9,11-15H2,(H,22,25). The van der Waals surface area contributed by atoms with Crippen LogP contribution in [-0.4, -0.2) is 45.8 Å². The Kier molecular flexibility index (Phi) is 7.35. The van der Waals surface area contributed by atoms with Gasteiger partial charge in [-0.2, -0.15) is 11.8 Å². The lowest BCUT2D eigenvalue weighted by Gasteiger charge is -2.20. The van der Waals surface area contributed by atoms with Crippen molar-refractivity contribution in [2.45, 2.75) is 56.7 Å². The van der Waals surface area contributed by atoms with Crippen LogP contribution in [0.3, 0.4) is 0 Å². The van der Waals surface area contributed by atoms with Gasteiger partial charge in [-0.25, -0.2) is 0 Å². The van der Waals surface area contributed by atoms with Gasteiger partial charge in [-0.1, -0.05) is 25.3 Å². The molecular formula is C20H29N3O2S. The maximum atomic E-state index is 12.3. The molecule has 1 aliphatic carbocycles. The maximum absolute atomic E-state index is 12.3. The predicted octanol–water partition coefficient (Wildman–Crippen LogP) is 3.00. The molecular weight excluding hydrogens is 346 g/mol. The van der Waals surface area contributed by atoms with Crippen LogP contribution in [0.4, 0.5) is 0 Å². The van der Waals surface area contributed by atoms with Gasteiger partial charge in [-0.15, -0.1) is 0 Å². The number of nitrogens with one attached hydrogen (secondary N) is 1. The second-order valence-electron chi connectivity index (χ2n) is 7.27. The third-order valence-electron chi connectivity index (χ3n) is 5.19. The van der Waals surface area contributed by atoms with Crippen molar-refractivity contribution in [1.82, 2.24) is 15.2 Å². The van der Waals surface area contributed by atoms with Crippen LogP contribution in [0.2, 0.25) is 0 Å². The highest BCUT2D eigenvalue weighted by Gasteiger charge is 2.34. The van der Waals surface area contributed by atoms with Crippen molar-refractivity contribution in [2.24, 2.45) is 5.92 Å². The minimum absolute atomic E-state index is 0.0181. The molecule has 1 atom stereocenters. The highest BCUT2D eigenvalue weighted by molar-refractivity contribution is 7.99. The van der Waals surface area contributed by atoms with Crippen molar-refractivity contribution >= 4 is 23.6 Å². The number of likely N-dealkylation sites (tertiary alicyclic amines) is 1. The zero-order valence-electron chi connectivity index (χ0n) is 15.4. The number of rotatable bonds is 8. The molecule has 2 amide bonds. The van der Waals surface area contributed by atoms with Gasteiger partial charge in [0.2, 0.25) is 11.8 Å². The average molecular weight is 376 g/mol. The summed E-state index contributed by atoms with van der Waals surface area (Å²) >= 11 is 2.06. The van der Waals surface area contributed by atoms with Crippen molar-refractivity contribution in [2.75, 3.05) is 18.8 Å². The van der Waals surface area contributed by atoms with Crippen molar-refractivity contribution in [3.63, 3.8) is 0 Å². The van der Waals surface area contributed by atoms with E-state index in [1.54, 1.807) is 11.1 Å². The molecule has 2 aliphatic rings. The first-order valence-corrected chi connectivity index (χ1v) is 10.8. The summed E-state index contributed by atoms with van der Waals surface area (Å²) in [6.45, 7) is 1.70. The number of carbonyl (C=O) groups excluding carboxylic acids is 2. The zero-order valence-corrected chi connectivity index (χ0v) is 16.2. The molecule has 2 heterocycles. The number of hydrogen-bond acceptors (Lipinski definition) is 4. The van der Waals surface area contributed by atoms with E-state index in [1.165, 1.54) is 32.1 Å². The number of hydrogen-bond donors (Lipinski definition) is 1. The number of nitrogens with zero attached hydrogens (tertiary/aromatic N) is 2. The highest BCUT2D eigenvalue weighted by Crippen LogP contribution is 2.28. The Morgan fingerprint density at radius 1 is 1.27 bits per heavy atom. The Morgan fingerprint density at radius 3 is 2.88 bits per heavy atom. The molecule has 6 heteroatoms. The number of amides is 2. The Labute approximate surface area is 160 Å². The van der Waals surface area contributed by atoms with Gasteiger partial charge in [0, 0.05) is 31.0 Å². The topological polar surface area (TPSA) is 62.3 Å². The zero-order chi connectivity index (χ0) is 18.2. The van der Waals surface area contributed by atoms with Gasteiger partial charge >= 0.3 is 0 Å². The van der Waals surface area contributed by atoms with Gasteiger partial charge in [-0.3, -0.25) is 14.6 Å². The Morgan fingerprint density at radius 2 is 2.12 bits per heavy atom. The summed E-state index contributed by atoms with van der Waals surface area (Å²) in [5, 5.41) is 3.85. The average Bonchev–Trinajstić information content (AvgIpc) is 3.03. The smallest absolute Gasteiger partial charge is 0.225 e. The van der Waals surface area contributed by atoms with E-state index in [1.807, 2.05) is 18.2 Å².